The molecule has 0 aromatic carbocycles. The molecule has 3 fully saturated rings. The number of amides is 1. The van der Waals surface area contributed by atoms with Crippen molar-refractivity contribution in [2.75, 3.05) is 19.7 Å². The molecule has 8 heteroatoms. The average molecular weight is 328 g/mol. The minimum absolute atomic E-state index is 0.0555. The van der Waals surface area contributed by atoms with Gasteiger partial charge < -0.3 is 10.1 Å². The first-order chi connectivity index (χ1) is 11.8. The van der Waals surface area contributed by atoms with Crippen molar-refractivity contribution in [3.63, 3.8) is 0 Å². The summed E-state index contributed by atoms with van der Waals surface area (Å²) in [5.41, 5.74) is 1.18. The van der Waals surface area contributed by atoms with Crippen molar-refractivity contribution >= 4 is 11.6 Å². The normalized spacial score (nSPS) is 32.7. The molecule has 0 spiro atoms. The number of nitrogens with one attached hydrogen (secondary N) is 1. The topological polar surface area (TPSA) is 84.7 Å². The van der Waals surface area contributed by atoms with Crippen molar-refractivity contribution in [3.8, 4) is 0 Å². The van der Waals surface area contributed by atoms with E-state index in [1.165, 1.54) is 12.8 Å². The van der Waals surface area contributed by atoms with Gasteiger partial charge in [-0.3, -0.25) is 9.69 Å². The molecule has 2 saturated heterocycles. The zero-order chi connectivity index (χ0) is 16.1. The molecular formula is C16H20N6O2. The third kappa shape index (κ3) is 2.13. The van der Waals surface area contributed by atoms with Gasteiger partial charge in [0, 0.05) is 24.3 Å². The molecule has 126 valence electrons. The maximum Gasteiger partial charge on any atom is 0.251 e. The standard InChI is InChI=1S/C16H20N6O2/c23-16(10-3-7-22-12(9-10)18-19-20-22)17-13-11-4-8-24-15(11)14(13)21-5-1-2-6-21/h3,7,9,11,13-15H,1-2,4-6,8H2,(H,17,23)/t11-,13+,14-,15-/m1/s1. The first kappa shape index (κ1) is 14.3. The van der Waals surface area contributed by atoms with Crippen LogP contribution < -0.4 is 5.32 Å². The summed E-state index contributed by atoms with van der Waals surface area (Å²) in [4.78, 5) is 15.2. The highest BCUT2D eigenvalue weighted by Gasteiger charge is 2.56. The highest BCUT2D eigenvalue weighted by atomic mass is 16.5. The van der Waals surface area contributed by atoms with Gasteiger partial charge >= 0.3 is 0 Å². The highest BCUT2D eigenvalue weighted by Crippen LogP contribution is 2.42. The van der Waals surface area contributed by atoms with Gasteiger partial charge in [-0.15, -0.1) is 5.10 Å². The van der Waals surface area contributed by atoms with Crippen LogP contribution in [0.5, 0.6) is 0 Å². The van der Waals surface area contributed by atoms with Gasteiger partial charge in [-0.2, -0.15) is 0 Å². The number of aromatic nitrogens is 4. The molecule has 0 unspecified atom stereocenters. The summed E-state index contributed by atoms with van der Waals surface area (Å²) in [6.45, 7) is 3.03. The smallest absolute Gasteiger partial charge is 0.251 e. The molecule has 1 N–H and O–H groups in total. The number of tetrazole rings is 1. The van der Waals surface area contributed by atoms with E-state index >= 15 is 0 Å². The Bertz CT molecular complexity index is 766. The van der Waals surface area contributed by atoms with E-state index in [4.69, 9.17) is 4.74 Å². The summed E-state index contributed by atoms with van der Waals surface area (Å²) in [6, 6.07) is 3.98. The molecular weight excluding hydrogens is 308 g/mol. The minimum Gasteiger partial charge on any atom is -0.376 e. The number of hydrogen-bond donors (Lipinski definition) is 1. The van der Waals surface area contributed by atoms with Gasteiger partial charge in [0.25, 0.3) is 5.91 Å². The highest BCUT2D eigenvalue weighted by molar-refractivity contribution is 5.95. The van der Waals surface area contributed by atoms with Crippen LogP contribution in [0.4, 0.5) is 0 Å². The molecule has 2 aromatic heterocycles. The first-order valence-corrected chi connectivity index (χ1v) is 8.65. The fourth-order valence-corrected chi connectivity index (χ4v) is 4.46. The van der Waals surface area contributed by atoms with Crippen LogP contribution in [0.3, 0.4) is 0 Å². The Morgan fingerprint density at radius 2 is 2.21 bits per heavy atom. The molecule has 0 bridgehead atoms. The van der Waals surface area contributed by atoms with Crippen molar-refractivity contribution < 1.29 is 9.53 Å². The Kier molecular flexibility index (Phi) is 3.27. The van der Waals surface area contributed by atoms with E-state index in [0.717, 1.165) is 26.1 Å². The van der Waals surface area contributed by atoms with Gasteiger partial charge in [0.05, 0.1) is 18.2 Å². The summed E-state index contributed by atoms with van der Waals surface area (Å²) in [7, 11) is 0. The molecule has 3 aliphatic rings. The van der Waals surface area contributed by atoms with E-state index in [-0.39, 0.29) is 18.1 Å². The Morgan fingerprint density at radius 1 is 1.33 bits per heavy atom. The number of pyridine rings is 1. The Balaban J connectivity index is 1.36. The zero-order valence-electron chi connectivity index (χ0n) is 13.3. The van der Waals surface area contributed by atoms with Crippen molar-refractivity contribution in [2.24, 2.45) is 5.92 Å². The second-order valence-electron chi connectivity index (χ2n) is 6.92. The SMILES string of the molecule is O=C(N[C@H]1[C@H]2CCO[C@H]2[C@@H]1N1CCCC1)c1ccn2nnnc2c1. The van der Waals surface area contributed by atoms with E-state index in [0.29, 0.717) is 23.2 Å². The lowest BCUT2D eigenvalue weighted by Gasteiger charge is -2.51. The van der Waals surface area contributed by atoms with Gasteiger partial charge in [-0.25, -0.2) is 4.52 Å². The van der Waals surface area contributed by atoms with Crippen molar-refractivity contribution in [1.82, 2.24) is 30.3 Å². The van der Waals surface area contributed by atoms with Gasteiger partial charge in [0.15, 0.2) is 5.65 Å². The summed E-state index contributed by atoms with van der Waals surface area (Å²) >= 11 is 0. The van der Waals surface area contributed by atoms with E-state index in [1.54, 1.807) is 22.8 Å². The third-order valence-electron chi connectivity index (χ3n) is 5.67. The van der Waals surface area contributed by atoms with Gasteiger partial charge in [-0.05, 0) is 54.9 Å². The van der Waals surface area contributed by atoms with Crippen molar-refractivity contribution in [3.05, 3.63) is 23.9 Å². The molecule has 4 atom stereocenters. The van der Waals surface area contributed by atoms with E-state index in [1.807, 2.05) is 0 Å². The second kappa shape index (κ2) is 5.49. The molecule has 1 aliphatic carbocycles. The van der Waals surface area contributed by atoms with Gasteiger partial charge in [0.1, 0.15) is 0 Å². The number of carbonyl (C=O) groups excluding carboxylic acids is 1. The molecule has 1 saturated carbocycles. The number of ether oxygens (including phenoxy) is 1. The fraction of sp³-hybridized carbons (Fsp3) is 0.625. The van der Waals surface area contributed by atoms with Crippen LogP contribution in [0.1, 0.15) is 29.6 Å². The Labute approximate surface area is 139 Å². The summed E-state index contributed by atoms with van der Waals surface area (Å²) < 4.78 is 7.47. The number of nitrogens with zero attached hydrogens (tertiary/aromatic N) is 5. The molecule has 4 heterocycles. The molecule has 2 aromatic rings. The summed E-state index contributed by atoms with van der Waals surface area (Å²) in [6.07, 6.45) is 5.52. The molecule has 0 radical (unpaired) electrons. The lowest BCUT2D eigenvalue weighted by molar-refractivity contribution is -0.0747. The number of fused-ring (bicyclic) bond motifs is 2. The fourth-order valence-electron chi connectivity index (χ4n) is 4.46. The molecule has 8 nitrogen and oxygen atoms in total. The zero-order valence-corrected chi connectivity index (χ0v) is 13.3. The lowest BCUT2D eigenvalue weighted by Crippen LogP contribution is -2.70. The van der Waals surface area contributed by atoms with Crippen LogP contribution in [0.2, 0.25) is 0 Å². The van der Waals surface area contributed by atoms with Gasteiger partial charge in [-0.1, -0.05) is 0 Å². The molecule has 1 amide bonds. The molecule has 2 aliphatic heterocycles. The van der Waals surface area contributed by atoms with Crippen LogP contribution in [0, 0.1) is 5.92 Å². The van der Waals surface area contributed by atoms with Crippen LogP contribution in [-0.2, 0) is 4.74 Å². The van der Waals surface area contributed by atoms with Gasteiger partial charge in [0.2, 0.25) is 0 Å². The number of likely N-dealkylation sites (tertiary alicyclic amines) is 1. The summed E-state index contributed by atoms with van der Waals surface area (Å²) in [5.74, 6) is 0.387. The van der Waals surface area contributed by atoms with Crippen LogP contribution >= 0.6 is 0 Å². The monoisotopic (exact) mass is 328 g/mol. The Morgan fingerprint density at radius 3 is 3.08 bits per heavy atom. The van der Waals surface area contributed by atoms with Crippen LogP contribution in [0.25, 0.3) is 5.65 Å². The first-order valence-electron chi connectivity index (χ1n) is 8.65. The maximum absolute atomic E-state index is 12.7. The molecule has 5 rings (SSSR count). The van der Waals surface area contributed by atoms with Crippen LogP contribution in [0.15, 0.2) is 18.3 Å². The quantitative estimate of drug-likeness (QED) is 0.861. The predicted octanol–water partition coefficient (Wildman–Crippen LogP) is 0.106. The number of hydrogen-bond acceptors (Lipinski definition) is 6. The van der Waals surface area contributed by atoms with Crippen molar-refractivity contribution in [2.45, 2.75) is 37.5 Å². The lowest BCUT2D eigenvalue weighted by atomic mass is 9.70. The number of rotatable bonds is 3. The third-order valence-corrected chi connectivity index (χ3v) is 5.67. The van der Waals surface area contributed by atoms with E-state index in [2.05, 4.69) is 25.7 Å². The van der Waals surface area contributed by atoms with Crippen molar-refractivity contribution in [1.29, 1.82) is 0 Å². The minimum atomic E-state index is -0.0555. The summed E-state index contributed by atoms with van der Waals surface area (Å²) in [5, 5.41) is 14.6. The largest absolute Gasteiger partial charge is 0.376 e. The van der Waals surface area contributed by atoms with E-state index in [9.17, 15) is 4.79 Å². The molecule has 24 heavy (non-hydrogen) atoms. The van der Waals surface area contributed by atoms with E-state index < -0.39 is 0 Å². The second-order valence-corrected chi connectivity index (χ2v) is 6.92. The maximum atomic E-state index is 12.7. The van der Waals surface area contributed by atoms with Crippen LogP contribution in [-0.4, -0.2) is 68.7 Å². The number of carbonyl (C=O) groups is 1. The average Bonchev–Trinajstić information content (AvgIpc) is 3.33. The predicted molar refractivity (Wildman–Crippen MR) is 84.5 cm³/mol. The Hall–Kier alpha value is -2.06.